The molecule has 0 saturated heterocycles. The Morgan fingerprint density at radius 1 is 0.808 bits per heavy atom. The van der Waals surface area contributed by atoms with Crippen LogP contribution < -0.4 is 20.9 Å². The molecule has 142 valence electrons. The molecule has 2 rings (SSSR count). The first-order chi connectivity index (χ1) is 11.9. The monoisotopic (exact) mass is 383 g/mol. The van der Waals surface area contributed by atoms with E-state index in [4.69, 9.17) is 11.5 Å². The van der Waals surface area contributed by atoms with E-state index in [-0.39, 0.29) is 23.0 Å². The molecule has 2 aromatic rings. The summed E-state index contributed by atoms with van der Waals surface area (Å²) in [5.74, 6) is -1.30. The normalized spacial score (nSPS) is 12.1. The lowest BCUT2D eigenvalue weighted by Gasteiger charge is -2.14. The number of halogens is 6. The van der Waals surface area contributed by atoms with Gasteiger partial charge in [0, 0.05) is 11.6 Å². The minimum atomic E-state index is -4.65. The van der Waals surface area contributed by atoms with Crippen molar-refractivity contribution in [3.05, 3.63) is 18.2 Å². The molecule has 0 unspecified atom stereocenters. The first-order valence-electron chi connectivity index (χ1n) is 6.73. The van der Waals surface area contributed by atoms with Crippen molar-refractivity contribution in [2.45, 2.75) is 12.4 Å². The molecule has 26 heavy (non-hydrogen) atoms. The van der Waals surface area contributed by atoms with Gasteiger partial charge in [-0.15, -0.1) is 10.2 Å². The SMILES string of the molecule is Nc1nnc(-c2cc(OCC(F)(F)F)cc(OCC(F)(F)F)c2)c(N)n1. The summed E-state index contributed by atoms with van der Waals surface area (Å²) in [6.07, 6.45) is -9.30. The summed E-state index contributed by atoms with van der Waals surface area (Å²) in [6, 6.07) is 3.02. The maximum absolute atomic E-state index is 12.3. The lowest BCUT2D eigenvalue weighted by molar-refractivity contribution is -0.153. The summed E-state index contributed by atoms with van der Waals surface area (Å²) < 4.78 is 82.9. The predicted octanol–water partition coefficient (Wildman–Crippen LogP) is 2.59. The zero-order valence-electron chi connectivity index (χ0n) is 12.7. The van der Waals surface area contributed by atoms with Crippen molar-refractivity contribution in [3.63, 3.8) is 0 Å². The van der Waals surface area contributed by atoms with Crippen LogP contribution in [0.2, 0.25) is 0 Å². The highest BCUT2D eigenvalue weighted by atomic mass is 19.4. The van der Waals surface area contributed by atoms with Gasteiger partial charge in [-0.25, -0.2) is 0 Å². The van der Waals surface area contributed by atoms with Crippen molar-refractivity contribution in [2.75, 3.05) is 24.7 Å². The molecule has 0 atom stereocenters. The lowest BCUT2D eigenvalue weighted by Crippen LogP contribution is -2.20. The summed E-state index contributed by atoms with van der Waals surface area (Å²) in [4.78, 5) is 3.62. The Bertz CT molecular complexity index is 744. The fraction of sp³-hybridized carbons (Fsp3) is 0.308. The van der Waals surface area contributed by atoms with Crippen molar-refractivity contribution in [1.82, 2.24) is 15.2 Å². The highest BCUT2D eigenvalue weighted by molar-refractivity contribution is 5.72. The average Bonchev–Trinajstić information content (AvgIpc) is 2.49. The Morgan fingerprint density at radius 2 is 1.31 bits per heavy atom. The molecule has 0 amide bonds. The van der Waals surface area contributed by atoms with Crippen LogP contribution in [0.25, 0.3) is 11.3 Å². The third kappa shape index (κ3) is 5.82. The van der Waals surface area contributed by atoms with Crippen LogP contribution >= 0.6 is 0 Å². The molecule has 7 nitrogen and oxygen atoms in total. The van der Waals surface area contributed by atoms with Crippen LogP contribution in [0, 0.1) is 0 Å². The third-order valence-corrected chi connectivity index (χ3v) is 2.69. The molecule has 0 radical (unpaired) electrons. The van der Waals surface area contributed by atoms with Gasteiger partial charge < -0.3 is 20.9 Å². The van der Waals surface area contributed by atoms with Gasteiger partial charge in [0.1, 0.15) is 17.2 Å². The summed E-state index contributed by atoms with van der Waals surface area (Å²) in [5, 5.41) is 7.07. The van der Waals surface area contributed by atoms with Crippen LogP contribution in [0.4, 0.5) is 38.1 Å². The number of alkyl halides is 6. The van der Waals surface area contributed by atoms with Crippen LogP contribution in [0.1, 0.15) is 0 Å². The van der Waals surface area contributed by atoms with Gasteiger partial charge in [-0.1, -0.05) is 0 Å². The molecule has 1 heterocycles. The van der Waals surface area contributed by atoms with E-state index in [9.17, 15) is 26.3 Å². The van der Waals surface area contributed by atoms with Crippen molar-refractivity contribution in [1.29, 1.82) is 0 Å². The summed E-state index contributed by atoms with van der Waals surface area (Å²) in [7, 11) is 0. The highest BCUT2D eigenvalue weighted by Gasteiger charge is 2.30. The number of benzene rings is 1. The second-order valence-electron chi connectivity index (χ2n) is 4.90. The van der Waals surface area contributed by atoms with Crippen LogP contribution in [-0.2, 0) is 0 Å². The maximum atomic E-state index is 12.3. The molecule has 0 aliphatic rings. The molecule has 0 aliphatic carbocycles. The maximum Gasteiger partial charge on any atom is 0.422 e. The average molecular weight is 383 g/mol. The van der Waals surface area contributed by atoms with Gasteiger partial charge in [0.15, 0.2) is 19.0 Å². The Balaban J connectivity index is 2.38. The number of hydrogen-bond donors (Lipinski definition) is 2. The quantitative estimate of drug-likeness (QED) is 0.764. The molecule has 0 bridgehead atoms. The van der Waals surface area contributed by atoms with E-state index in [0.29, 0.717) is 0 Å². The smallest absolute Gasteiger partial charge is 0.422 e. The molecule has 0 fully saturated rings. The largest absolute Gasteiger partial charge is 0.484 e. The standard InChI is InChI=1S/C13H11F6N5O2/c14-12(15,16)4-25-7-1-6(9-10(20)22-11(21)24-23-9)2-8(3-7)26-5-13(17,18)19/h1-3H,4-5H2,(H4,20,21,22,24). The van der Waals surface area contributed by atoms with E-state index in [1.165, 1.54) is 0 Å². The molecule has 1 aromatic carbocycles. The van der Waals surface area contributed by atoms with Gasteiger partial charge in [0.05, 0.1) is 0 Å². The minimum absolute atomic E-state index is 0.0145. The Kier molecular flexibility index (Phi) is 5.28. The molecule has 0 saturated carbocycles. The number of aromatic nitrogens is 3. The van der Waals surface area contributed by atoms with E-state index in [2.05, 4.69) is 24.7 Å². The Labute approximate surface area is 141 Å². The Hall–Kier alpha value is -2.99. The zero-order chi connectivity index (χ0) is 19.5. The first-order valence-corrected chi connectivity index (χ1v) is 6.73. The molecule has 0 aliphatic heterocycles. The van der Waals surface area contributed by atoms with E-state index in [1.807, 2.05) is 0 Å². The van der Waals surface area contributed by atoms with E-state index >= 15 is 0 Å². The molecule has 4 N–H and O–H groups in total. The van der Waals surface area contributed by atoms with Gasteiger partial charge in [0.25, 0.3) is 0 Å². The minimum Gasteiger partial charge on any atom is -0.484 e. The zero-order valence-corrected chi connectivity index (χ0v) is 12.7. The van der Waals surface area contributed by atoms with Crippen molar-refractivity contribution in [2.24, 2.45) is 0 Å². The number of rotatable bonds is 5. The molecular formula is C13H11F6N5O2. The number of ether oxygens (including phenoxy) is 2. The van der Waals surface area contributed by atoms with Gasteiger partial charge in [0.2, 0.25) is 5.95 Å². The second kappa shape index (κ2) is 7.09. The van der Waals surface area contributed by atoms with Crippen LogP contribution in [0.5, 0.6) is 11.5 Å². The lowest BCUT2D eigenvalue weighted by atomic mass is 10.1. The second-order valence-corrected chi connectivity index (χ2v) is 4.90. The number of anilines is 2. The van der Waals surface area contributed by atoms with Crippen LogP contribution in [0.15, 0.2) is 18.2 Å². The molecule has 0 spiro atoms. The third-order valence-electron chi connectivity index (χ3n) is 2.69. The fourth-order valence-corrected chi connectivity index (χ4v) is 1.76. The van der Waals surface area contributed by atoms with Crippen LogP contribution in [0.3, 0.4) is 0 Å². The van der Waals surface area contributed by atoms with Crippen molar-refractivity contribution in [3.8, 4) is 22.8 Å². The van der Waals surface area contributed by atoms with Gasteiger partial charge in [-0.3, -0.25) is 0 Å². The first kappa shape index (κ1) is 19.3. The number of nitrogens with zero attached hydrogens (tertiary/aromatic N) is 3. The molecule has 13 heteroatoms. The van der Waals surface area contributed by atoms with Crippen molar-refractivity contribution < 1.29 is 35.8 Å². The number of hydrogen-bond acceptors (Lipinski definition) is 7. The Morgan fingerprint density at radius 3 is 1.73 bits per heavy atom. The highest BCUT2D eigenvalue weighted by Crippen LogP contribution is 2.32. The number of nitrogens with two attached hydrogens (primary N) is 2. The van der Waals surface area contributed by atoms with E-state index in [1.54, 1.807) is 0 Å². The summed E-state index contributed by atoms with van der Waals surface area (Å²) in [6.45, 7) is -3.31. The molecular weight excluding hydrogens is 372 g/mol. The van der Waals surface area contributed by atoms with Gasteiger partial charge in [-0.2, -0.15) is 31.3 Å². The summed E-state index contributed by atoms with van der Waals surface area (Å²) >= 11 is 0. The van der Waals surface area contributed by atoms with Crippen molar-refractivity contribution >= 4 is 11.8 Å². The topological polar surface area (TPSA) is 109 Å². The van der Waals surface area contributed by atoms with Gasteiger partial charge >= 0.3 is 12.4 Å². The van der Waals surface area contributed by atoms with Crippen LogP contribution in [-0.4, -0.2) is 40.7 Å². The van der Waals surface area contributed by atoms with Gasteiger partial charge in [-0.05, 0) is 12.1 Å². The fourth-order valence-electron chi connectivity index (χ4n) is 1.76. The summed E-state index contributed by atoms with van der Waals surface area (Å²) in [5.41, 5.74) is 10.8. The predicted molar refractivity (Wildman–Crippen MR) is 77.2 cm³/mol. The van der Waals surface area contributed by atoms with E-state index < -0.39 is 37.1 Å². The molecule has 1 aromatic heterocycles. The number of nitrogen functional groups attached to an aromatic ring is 2. The van der Waals surface area contributed by atoms with E-state index in [0.717, 1.165) is 18.2 Å².